The van der Waals surface area contributed by atoms with Crippen molar-refractivity contribution < 1.29 is 27.9 Å². The maximum absolute atomic E-state index is 13.4. The number of nitrogens with zero attached hydrogens (tertiary/aromatic N) is 6. The molecule has 2 heterocycles. The normalized spacial score (nSPS) is 15.5. The van der Waals surface area contributed by atoms with Crippen LogP contribution in [0.2, 0.25) is 0 Å². The Morgan fingerprint density at radius 1 is 1.11 bits per heavy atom. The van der Waals surface area contributed by atoms with Gasteiger partial charge in [-0.3, -0.25) is 4.79 Å². The molecule has 3 aromatic rings. The third-order valence-corrected chi connectivity index (χ3v) is 5.97. The van der Waals surface area contributed by atoms with E-state index in [1.54, 1.807) is 30.5 Å². The Bertz CT molecular complexity index is 1360. The molecule has 1 aliphatic heterocycles. The molecule has 12 heteroatoms. The summed E-state index contributed by atoms with van der Waals surface area (Å²) in [7, 11) is 0. The van der Waals surface area contributed by atoms with E-state index in [1.807, 2.05) is 0 Å². The van der Waals surface area contributed by atoms with Gasteiger partial charge in [0.05, 0.1) is 42.2 Å². The summed E-state index contributed by atoms with van der Waals surface area (Å²) >= 11 is 0. The predicted octanol–water partition coefficient (Wildman–Crippen LogP) is 3.58. The van der Waals surface area contributed by atoms with Gasteiger partial charge in [-0.1, -0.05) is 29.5 Å². The first-order chi connectivity index (χ1) is 17.0. The zero-order valence-corrected chi connectivity index (χ0v) is 19.3. The van der Waals surface area contributed by atoms with E-state index in [-0.39, 0.29) is 18.8 Å². The van der Waals surface area contributed by atoms with Crippen LogP contribution in [0.1, 0.15) is 30.5 Å². The zero-order chi connectivity index (χ0) is 26.3. The lowest BCUT2D eigenvalue weighted by atomic mass is 10.0. The molecule has 3 amide bonds. The molecule has 0 spiro atoms. The van der Waals surface area contributed by atoms with Crippen molar-refractivity contribution in [2.45, 2.75) is 38.7 Å². The summed E-state index contributed by atoms with van der Waals surface area (Å²) in [5, 5.41) is 26.0. The lowest BCUT2D eigenvalue weighted by molar-refractivity contribution is -0.137. The van der Waals surface area contributed by atoms with Crippen molar-refractivity contribution in [3.63, 3.8) is 0 Å². The van der Waals surface area contributed by atoms with Crippen LogP contribution in [0, 0.1) is 11.3 Å². The van der Waals surface area contributed by atoms with Crippen molar-refractivity contribution in [3.8, 4) is 17.3 Å². The molecule has 1 N–H and O–H groups in total. The number of amides is 3. The number of alkyl halides is 3. The second-order valence-corrected chi connectivity index (χ2v) is 8.70. The number of hydrogen-bond acceptors (Lipinski definition) is 6. The van der Waals surface area contributed by atoms with Crippen molar-refractivity contribution in [2.75, 3.05) is 11.5 Å². The number of carbonyl (C=O) groups excluding carboxylic acids is 2. The minimum Gasteiger partial charge on any atom is -0.394 e. The molecular formula is C24H21F3N6O3. The van der Waals surface area contributed by atoms with E-state index in [2.05, 4.69) is 10.3 Å². The highest BCUT2D eigenvalue weighted by Gasteiger charge is 2.52. The number of rotatable bonds is 6. The highest BCUT2D eigenvalue weighted by Crippen LogP contribution is 2.38. The summed E-state index contributed by atoms with van der Waals surface area (Å²) in [6.45, 7) is 3.32. The van der Waals surface area contributed by atoms with Crippen molar-refractivity contribution >= 4 is 17.6 Å². The van der Waals surface area contributed by atoms with E-state index in [1.165, 1.54) is 29.5 Å². The fourth-order valence-electron chi connectivity index (χ4n) is 3.94. The smallest absolute Gasteiger partial charge is 0.394 e. The van der Waals surface area contributed by atoms with E-state index in [0.29, 0.717) is 28.8 Å². The summed E-state index contributed by atoms with van der Waals surface area (Å²) in [6, 6.07) is 10.5. The number of anilines is 1. The number of imide groups is 1. The summed E-state index contributed by atoms with van der Waals surface area (Å²) < 4.78 is 41.8. The topological polar surface area (TPSA) is 115 Å². The zero-order valence-electron chi connectivity index (χ0n) is 19.3. The lowest BCUT2D eigenvalue weighted by Crippen LogP contribution is -2.43. The molecule has 1 saturated heterocycles. The van der Waals surface area contributed by atoms with Crippen molar-refractivity contribution in [3.05, 3.63) is 65.4 Å². The van der Waals surface area contributed by atoms with Crippen LogP contribution in [-0.2, 0) is 24.1 Å². The van der Waals surface area contributed by atoms with Crippen LogP contribution in [0.4, 0.5) is 23.7 Å². The molecule has 186 valence electrons. The molecule has 0 radical (unpaired) electrons. The molecule has 0 unspecified atom stereocenters. The Kier molecular flexibility index (Phi) is 6.28. The van der Waals surface area contributed by atoms with Gasteiger partial charge in [-0.25, -0.2) is 14.4 Å². The van der Waals surface area contributed by atoms with Gasteiger partial charge in [0.1, 0.15) is 11.2 Å². The minimum absolute atomic E-state index is 0.0357. The Morgan fingerprint density at radius 3 is 2.42 bits per heavy atom. The molecule has 1 aliphatic rings. The molecule has 1 fully saturated rings. The second kappa shape index (κ2) is 9.09. The summed E-state index contributed by atoms with van der Waals surface area (Å²) in [5.41, 5.74) is -1.36. The molecule has 1 aromatic heterocycles. The van der Waals surface area contributed by atoms with Crippen LogP contribution in [0.15, 0.2) is 48.7 Å². The van der Waals surface area contributed by atoms with Gasteiger partial charge in [0.25, 0.3) is 5.91 Å². The fraction of sp³-hybridized carbons (Fsp3) is 0.292. The van der Waals surface area contributed by atoms with Crippen LogP contribution in [0.25, 0.3) is 11.3 Å². The van der Waals surface area contributed by atoms with Gasteiger partial charge in [-0.15, -0.1) is 5.10 Å². The van der Waals surface area contributed by atoms with Crippen molar-refractivity contribution in [1.29, 1.82) is 5.26 Å². The number of hydrogen-bond donors (Lipinski definition) is 1. The van der Waals surface area contributed by atoms with Gasteiger partial charge >= 0.3 is 12.2 Å². The molecule has 0 saturated carbocycles. The summed E-state index contributed by atoms with van der Waals surface area (Å²) in [5.74, 6) is -0.678. The summed E-state index contributed by atoms with van der Waals surface area (Å²) in [4.78, 5) is 28.4. The molecule has 0 atom stereocenters. The van der Waals surface area contributed by atoms with Crippen LogP contribution in [-0.4, -0.2) is 49.1 Å². The number of nitriles is 1. The number of aliphatic hydroxyl groups is 1. The minimum atomic E-state index is -4.83. The fourth-order valence-corrected chi connectivity index (χ4v) is 3.94. The highest BCUT2D eigenvalue weighted by atomic mass is 19.4. The maximum atomic E-state index is 13.4. The standard InChI is InChI=1S/C24H21F3N6O3/c1-23(2)21(35)33(18-8-7-17(12-28)19(11-18)24(25,26)27)22(36)32(23)13-15-3-5-16(6-4-15)20-14-31(9-10-34)30-29-20/h3-8,11,14,34H,9-10,13H2,1-2H3. The van der Waals surface area contributed by atoms with Gasteiger partial charge in [-0.2, -0.15) is 18.4 Å². The molecule has 36 heavy (non-hydrogen) atoms. The molecule has 0 aliphatic carbocycles. The third-order valence-electron chi connectivity index (χ3n) is 5.97. The first-order valence-electron chi connectivity index (χ1n) is 10.8. The average Bonchev–Trinajstić information content (AvgIpc) is 3.36. The number of urea groups is 1. The molecule has 2 aromatic carbocycles. The molecule has 0 bridgehead atoms. The average molecular weight is 498 g/mol. The number of halogens is 3. The van der Waals surface area contributed by atoms with Gasteiger partial charge in [0.2, 0.25) is 0 Å². The first kappa shape index (κ1) is 24.9. The van der Waals surface area contributed by atoms with E-state index < -0.39 is 34.8 Å². The lowest BCUT2D eigenvalue weighted by Gasteiger charge is -2.27. The SMILES string of the molecule is CC1(C)C(=O)N(c2ccc(C#N)c(C(F)(F)F)c2)C(=O)N1Cc1ccc(-c2cn(CCO)nn2)cc1. The first-order valence-corrected chi connectivity index (χ1v) is 10.8. The van der Waals surface area contributed by atoms with Crippen LogP contribution in [0.5, 0.6) is 0 Å². The predicted molar refractivity (Wildman–Crippen MR) is 121 cm³/mol. The van der Waals surface area contributed by atoms with Gasteiger partial charge in [0.15, 0.2) is 0 Å². The van der Waals surface area contributed by atoms with E-state index in [4.69, 9.17) is 10.4 Å². The number of benzene rings is 2. The molecule has 4 rings (SSSR count). The van der Waals surface area contributed by atoms with Crippen molar-refractivity contribution in [2.24, 2.45) is 0 Å². The number of aliphatic hydroxyl groups excluding tert-OH is 1. The summed E-state index contributed by atoms with van der Waals surface area (Å²) in [6.07, 6.45) is -3.14. The molecular weight excluding hydrogens is 477 g/mol. The van der Waals surface area contributed by atoms with Crippen LogP contribution in [0.3, 0.4) is 0 Å². The monoisotopic (exact) mass is 498 g/mol. The Hall–Kier alpha value is -4.24. The van der Waals surface area contributed by atoms with Crippen molar-refractivity contribution in [1.82, 2.24) is 19.9 Å². The Labute approximate surface area is 204 Å². The van der Waals surface area contributed by atoms with Crippen LogP contribution < -0.4 is 4.90 Å². The van der Waals surface area contributed by atoms with Gasteiger partial charge in [0, 0.05) is 12.1 Å². The largest absolute Gasteiger partial charge is 0.417 e. The maximum Gasteiger partial charge on any atom is 0.417 e. The quantitative estimate of drug-likeness (QED) is 0.520. The van der Waals surface area contributed by atoms with Gasteiger partial charge < -0.3 is 10.0 Å². The number of aromatic nitrogens is 3. The van der Waals surface area contributed by atoms with E-state index in [9.17, 15) is 22.8 Å². The van der Waals surface area contributed by atoms with Gasteiger partial charge in [-0.05, 0) is 37.6 Å². The van der Waals surface area contributed by atoms with E-state index >= 15 is 0 Å². The van der Waals surface area contributed by atoms with E-state index in [0.717, 1.165) is 17.7 Å². The Morgan fingerprint density at radius 2 is 1.81 bits per heavy atom. The Balaban J connectivity index is 1.60. The molecule has 9 nitrogen and oxygen atoms in total. The van der Waals surface area contributed by atoms with Crippen LogP contribution >= 0.6 is 0 Å². The highest BCUT2D eigenvalue weighted by molar-refractivity contribution is 6.23. The second-order valence-electron chi connectivity index (χ2n) is 8.70. The third kappa shape index (κ3) is 4.40. The number of carbonyl (C=O) groups is 2.